The van der Waals surface area contributed by atoms with Crippen molar-refractivity contribution in [1.29, 1.82) is 0 Å². The van der Waals surface area contributed by atoms with E-state index in [9.17, 15) is 13.5 Å². The molecule has 6 rings (SSSR count). The Morgan fingerprint density at radius 2 is 1.11 bits per heavy atom. The zero-order valence-corrected chi connectivity index (χ0v) is 15.3. The van der Waals surface area contributed by atoms with Crippen LogP contribution < -0.4 is 4.72 Å². The lowest BCUT2D eigenvalue weighted by Gasteiger charge is -2.48. The summed E-state index contributed by atoms with van der Waals surface area (Å²) < 4.78 is 28.6. The standard InChI is InChI=1S/C22H19NO3S/c24-22-20-17-12-6-4-10-15(17)19(16-11-5-7-13-18(16)20)21(22)23-27(25,26)14-8-2-1-3-9-14/h1-13,19-24H. The largest absolute Gasteiger partial charge is 0.390 e. The number of hydrogen-bond acceptors (Lipinski definition) is 3. The molecule has 3 aliphatic carbocycles. The molecule has 0 fully saturated rings. The van der Waals surface area contributed by atoms with Gasteiger partial charge in [-0.15, -0.1) is 0 Å². The lowest BCUT2D eigenvalue weighted by atomic mass is 9.60. The van der Waals surface area contributed by atoms with Crippen molar-refractivity contribution in [2.75, 3.05) is 0 Å². The van der Waals surface area contributed by atoms with E-state index in [0.29, 0.717) is 0 Å². The molecular formula is C22H19NO3S. The van der Waals surface area contributed by atoms with Crippen LogP contribution in [0.25, 0.3) is 0 Å². The van der Waals surface area contributed by atoms with E-state index in [0.717, 1.165) is 22.3 Å². The molecule has 0 aliphatic heterocycles. The first-order valence-corrected chi connectivity index (χ1v) is 10.5. The van der Waals surface area contributed by atoms with E-state index in [4.69, 9.17) is 0 Å². The monoisotopic (exact) mass is 377 g/mol. The molecule has 0 heterocycles. The van der Waals surface area contributed by atoms with Gasteiger partial charge in [-0.05, 0) is 34.4 Å². The summed E-state index contributed by atoms with van der Waals surface area (Å²) in [5, 5.41) is 11.1. The third kappa shape index (κ3) is 2.46. The molecule has 2 bridgehead atoms. The first-order chi connectivity index (χ1) is 13.1. The number of benzene rings is 3. The zero-order chi connectivity index (χ0) is 18.6. The molecule has 0 saturated heterocycles. The Hall–Kier alpha value is -2.47. The molecule has 3 aromatic carbocycles. The number of sulfonamides is 1. The minimum Gasteiger partial charge on any atom is -0.390 e. The highest BCUT2D eigenvalue weighted by Crippen LogP contribution is 2.52. The predicted molar refractivity (Wildman–Crippen MR) is 103 cm³/mol. The average Bonchev–Trinajstić information content (AvgIpc) is 2.70. The van der Waals surface area contributed by atoms with Crippen LogP contribution in [0.4, 0.5) is 0 Å². The summed E-state index contributed by atoms with van der Waals surface area (Å²) in [5.74, 6) is -0.443. The first-order valence-electron chi connectivity index (χ1n) is 9.01. The fourth-order valence-corrected chi connectivity index (χ4v) is 5.92. The molecule has 2 atom stereocenters. The number of fused-ring (bicyclic) bond motifs is 1. The van der Waals surface area contributed by atoms with Crippen LogP contribution in [0.3, 0.4) is 0 Å². The topological polar surface area (TPSA) is 66.4 Å². The van der Waals surface area contributed by atoms with E-state index >= 15 is 0 Å². The van der Waals surface area contributed by atoms with Gasteiger partial charge in [-0.3, -0.25) is 0 Å². The normalized spacial score (nSPS) is 25.7. The highest BCUT2D eigenvalue weighted by atomic mass is 32.2. The maximum atomic E-state index is 12.9. The second-order valence-corrected chi connectivity index (χ2v) is 8.88. The molecule has 27 heavy (non-hydrogen) atoms. The van der Waals surface area contributed by atoms with Gasteiger partial charge in [0.1, 0.15) is 0 Å². The van der Waals surface area contributed by atoms with Gasteiger partial charge in [-0.1, -0.05) is 66.7 Å². The van der Waals surface area contributed by atoms with Gasteiger partial charge in [0.2, 0.25) is 10.0 Å². The van der Waals surface area contributed by atoms with Crippen molar-refractivity contribution < 1.29 is 13.5 Å². The Kier molecular flexibility index (Phi) is 3.72. The van der Waals surface area contributed by atoms with Crippen molar-refractivity contribution >= 4 is 10.0 Å². The third-order valence-electron chi connectivity index (χ3n) is 5.75. The van der Waals surface area contributed by atoms with Crippen LogP contribution >= 0.6 is 0 Å². The molecule has 2 unspecified atom stereocenters. The number of hydrogen-bond donors (Lipinski definition) is 2. The van der Waals surface area contributed by atoms with Crippen LogP contribution in [0.15, 0.2) is 83.8 Å². The van der Waals surface area contributed by atoms with Crippen LogP contribution in [0.2, 0.25) is 0 Å². The Morgan fingerprint density at radius 3 is 1.63 bits per heavy atom. The quantitative estimate of drug-likeness (QED) is 0.737. The lowest BCUT2D eigenvalue weighted by Crippen LogP contribution is -2.55. The van der Waals surface area contributed by atoms with E-state index in [1.807, 2.05) is 48.5 Å². The molecule has 0 aromatic heterocycles. The van der Waals surface area contributed by atoms with Gasteiger partial charge in [-0.2, -0.15) is 0 Å². The maximum Gasteiger partial charge on any atom is 0.240 e. The van der Waals surface area contributed by atoms with Gasteiger partial charge in [0, 0.05) is 11.8 Å². The number of aliphatic hydroxyl groups is 1. The molecule has 5 heteroatoms. The Bertz CT molecular complexity index is 1060. The molecule has 0 saturated carbocycles. The lowest BCUT2D eigenvalue weighted by molar-refractivity contribution is 0.0946. The molecule has 3 aliphatic rings. The van der Waals surface area contributed by atoms with E-state index in [-0.39, 0.29) is 16.7 Å². The molecular weight excluding hydrogens is 358 g/mol. The van der Waals surface area contributed by atoms with Crippen molar-refractivity contribution in [1.82, 2.24) is 4.72 Å². The van der Waals surface area contributed by atoms with E-state index in [2.05, 4.69) is 4.72 Å². The summed E-state index contributed by atoms with van der Waals surface area (Å²) in [4.78, 5) is 0.209. The highest BCUT2D eigenvalue weighted by molar-refractivity contribution is 7.89. The van der Waals surface area contributed by atoms with Crippen LogP contribution in [0, 0.1) is 0 Å². The number of rotatable bonds is 3. The first kappa shape index (κ1) is 16.7. The van der Waals surface area contributed by atoms with Crippen LogP contribution in [0.1, 0.15) is 34.1 Å². The average molecular weight is 377 g/mol. The van der Waals surface area contributed by atoms with E-state index < -0.39 is 22.2 Å². The number of nitrogens with one attached hydrogen (secondary N) is 1. The summed E-state index contributed by atoms with van der Waals surface area (Å²) in [5.41, 5.74) is 4.35. The molecule has 0 spiro atoms. The van der Waals surface area contributed by atoms with Gasteiger partial charge < -0.3 is 5.11 Å². The van der Waals surface area contributed by atoms with E-state index in [1.54, 1.807) is 30.3 Å². The minimum atomic E-state index is -3.73. The third-order valence-corrected chi connectivity index (χ3v) is 7.22. The van der Waals surface area contributed by atoms with Gasteiger partial charge in [0.25, 0.3) is 0 Å². The van der Waals surface area contributed by atoms with Crippen molar-refractivity contribution in [3.8, 4) is 0 Å². The van der Waals surface area contributed by atoms with Crippen LogP contribution in [-0.2, 0) is 10.0 Å². The predicted octanol–water partition coefficient (Wildman–Crippen LogP) is 2.99. The molecule has 0 amide bonds. The maximum absolute atomic E-state index is 12.9. The SMILES string of the molecule is O=S(=O)(NC1C2c3ccccc3C(c3ccccc32)C1O)c1ccccc1. The van der Waals surface area contributed by atoms with Crippen LogP contribution in [-0.4, -0.2) is 25.7 Å². The summed E-state index contributed by atoms with van der Waals surface area (Å²) in [6, 6.07) is 23.7. The van der Waals surface area contributed by atoms with Gasteiger partial charge in [-0.25, -0.2) is 13.1 Å². The summed E-state index contributed by atoms with van der Waals surface area (Å²) in [6.45, 7) is 0. The summed E-state index contributed by atoms with van der Waals surface area (Å²) in [7, 11) is -3.73. The Morgan fingerprint density at radius 1 is 0.667 bits per heavy atom. The summed E-state index contributed by atoms with van der Waals surface area (Å²) in [6.07, 6.45) is -0.821. The molecule has 0 radical (unpaired) electrons. The van der Waals surface area contributed by atoms with E-state index in [1.165, 1.54) is 0 Å². The second kappa shape index (κ2) is 6.02. The van der Waals surface area contributed by atoms with Crippen molar-refractivity contribution in [2.24, 2.45) is 0 Å². The fourth-order valence-electron chi connectivity index (χ4n) is 4.63. The second-order valence-electron chi connectivity index (χ2n) is 7.16. The van der Waals surface area contributed by atoms with Crippen molar-refractivity contribution in [2.45, 2.75) is 28.9 Å². The van der Waals surface area contributed by atoms with Crippen LogP contribution in [0.5, 0.6) is 0 Å². The van der Waals surface area contributed by atoms with Gasteiger partial charge in [0.15, 0.2) is 0 Å². The highest BCUT2D eigenvalue weighted by Gasteiger charge is 2.50. The number of aliphatic hydroxyl groups excluding tert-OH is 1. The molecule has 136 valence electrons. The minimum absolute atomic E-state index is 0.209. The Labute approximate surface area is 158 Å². The molecule has 4 nitrogen and oxygen atoms in total. The zero-order valence-electron chi connectivity index (χ0n) is 14.5. The van der Waals surface area contributed by atoms with Gasteiger partial charge in [0.05, 0.1) is 17.0 Å². The molecule has 2 N–H and O–H groups in total. The fraction of sp³-hybridized carbons (Fsp3) is 0.182. The Balaban J connectivity index is 1.64. The summed E-state index contributed by atoms with van der Waals surface area (Å²) >= 11 is 0. The van der Waals surface area contributed by atoms with Gasteiger partial charge >= 0.3 is 0 Å². The van der Waals surface area contributed by atoms with Crippen molar-refractivity contribution in [3.63, 3.8) is 0 Å². The van der Waals surface area contributed by atoms with Crippen molar-refractivity contribution in [3.05, 3.63) is 101 Å². The smallest absolute Gasteiger partial charge is 0.240 e. The molecule has 3 aromatic rings.